The van der Waals surface area contributed by atoms with Crippen molar-refractivity contribution < 1.29 is 4.74 Å². The minimum absolute atomic E-state index is 0.164. The summed E-state index contributed by atoms with van der Waals surface area (Å²) in [5.41, 5.74) is 0.978. The number of ether oxygens (including phenoxy) is 1. The van der Waals surface area contributed by atoms with Crippen LogP contribution in [-0.4, -0.2) is 23.6 Å². The van der Waals surface area contributed by atoms with Crippen LogP contribution in [0.4, 0.5) is 0 Å². The first-order valence-corrected chi connectivity index (χ1v) is 6.61. The Bertz CT molecular complexity index is 342. The van der Waals surface area contributed by atoms with E-state index < -0.39 is 0 Å². The molecule has 17 heavy (non-hydrogen) atoms. The third kappa shape index (κ3) is 2.69. The Morgan fingerprint density at radius 2 is 2.18 bits per heavy atom. The lowest BCUT2D eigenvalue weighted by atomic mass is 9.84. The van der Waals surface area contributed by atoms with Gasteiger partial charge < -0.3 is 15.0 Å². The molecular weight excluding hydrogens is 214 g/mol. The average molecular weight is 237 g/mol. The van der Waals surface area contributed by atoms with Crippen molar-refractivity contribution in [3.63, 3.8) is 0 Å². The van der Waals surface area contributed by atoms with Gasteiger partial charge in [-0.15, -0.1) is 0 Å². The molecule has 4 heteroatoms. The van der Waals surface area contributed by atoms with Crippen LogP contribution in [0.3, 0.4) is 0 Å². The number of hydrogen-bond donors (Lipinski definition) is 2. The minimum atomic E-state index is -0.164. The number of imidazole rings is 1. The average Bonchev–Trinajstić information content (AvgIpc) is 2.86. The van der Waals surface area contributed by atoms with E-state index in [9.17, 15) is 0 Å². The lowest BCUT2D eigenvalue weighted by molar-refractivity contribution is -0.0509. The zero-order valence-electron chi connectivity index (χ0n) is 10.9. The van der Waals surface area contributed by atoms with E-state index in [4.69, 9.17) is 4.74 Å². The van der Waals surface area contributed by atoms with E-state index in [1.165, 1.54) is 19.3 Å². The van der Waals surface area contributed by atoms with Gasteiger partial charge in [-0.3, -0.25) is 0 Å². The van der Waals surface area contributed by atoms with Crippen molar-refractivity contribution in [3.05, 3.63) is 17.7 Å². The molecule has 0 radical (unpaired) electrons. The summed E-state index contributed by atoms with van der Waals surface area (Å²) in [5.74, 6) is 1.01. The van der Waals surface area contributed by atoms with Gasteiger partial charge in [0.15, 0.2) is 0 Å². The Labute approximate surface area is 103 Å². The fraction of sp³-hybridized carbons (Fsp3) is 0.769. The van der Waals surface area contributed by atoms with Gasteiger partial charge in [-0.25, -0.2) is 4.98 Å². The molecule has 1 aliphatic carbocycles. The summed E-state index contributed by atoms with van der Waals surface area (Å²) in [4.78, 5) is 7.93. The van der Waals surface area contributed by atoms with Gasteiger partial charge in [-0.2, -0.15) is 0 Å². The number of aromatic amines is 1. The van der Waals surface area contributed by atoms with Gasteiger partial charge in [0.25, 0.3) is 0 Å². The fourth-order valence-electron chi connectivity index (χ4n) is 2.60. The summed E-state index contributed by atoms with van der Waals surface area (Å²) >= 11 is 0. The number of nitrogens with zero attached hydrogens (tertiary/aromatic N) is 1. The van der Waals surface area contributed by atoms with Crippen molar-refractivity contribution in [2.45, 2.75) is 51.2 Å². The van der Waals surface area contributed by atoms with E-state index in [1.54, 1.807) is 7.11 Å². The van der Waals surface area contributed by atoms with Gasteiger partial charge in [0.1, 0.15) is 11.4 Å². The predicted molar refractivity (Wildman–Crippen MR) is 67.7 cm³/mol. The Kier molecular flexibility index (Phi) is 4.18. The highest BCUT2D eigenvalue weighted by Crippen LogP contribution is 2.38. The number of hydrogen-bond acceptors (Lipinski definition) is 3. The SMILES string of the molecule is CCNCc1cnc(C2(OC)CCCCC2)[nH]1. The molecule has 0 saturated heterocycles. The lowest BCUT2D eigenvalue weighted by Crippen LogP contribution is -2.32. The molecule has 96 valence electrons. The van der Waals surface area contributed by atoms with Crippen LogP contribution in [0.1, 0.15) is 50.5 Å². The van der Waals surface area contributed by atoms with Crippen LogP contribution < -0.4 is 5.32 Å². The molecule has 1 aliphatic rings. The molecule has 0 unspecified atom stereocenters. The van der Waals surface area contributed by atoms with E-state index >= 15 is 0 Å². The lowest BCUT2D eigenvalue weighted by Gasteiger charge is -2.34. The molecule has 1 saturated carbocycles. The maximum absolute atomic E-state index is 5.77. The Hall–Kier alpha value is -0.870. The smallest absolute Gasteiger partial charge is 0.138 e. The highest BCUT2D eigenvalue weighted by molar-refractivity contribution is 5.10. The van der Waals surface area contributed by atoms with Crippen LogP contribution in [0.25, 0.3) is 0 Å². The van der Waals surface area contributed by atoms with E-state index in [1.807, 2.05) is 6.20 Å². The molecular formula is C13H23N3O. The fourth-order valence-corrected chi connectivity index (χ4v) is 2.60. The maximum Gasteiger partial charge on any atom is 0.138 e. The third-order valence-electron chi connectivity index (χ3n) is 3.68. The van der Waals surface area contributed by atoms with Crippen molar-refractivity contribution in [3.8, 4) is 0 Å². The first kappa shape index (κ1) is 12.6. The maximum atomic E-state index is 5.77. The molecule has 1 aromatic rings. The Morgan fingerprint density at radius 3 is 2.82 bits per heavy atom. The second-order valence-electron chi connectivity index (χ2n) is 4.80. The van der Waals surface area contributed by atoms with Gasteiger partial charge in [-0.05, 0) is 19.4 Å². The quantitative estimate of drug-likeness (QED) is 0.826. The molecule has 1 fully saturated rings. The van der Waals surface area contributed by atoms with E-state index in [0.717, 1.165) is 37.4 Å². The molecule has 0 bridgehead atoms. The zero-order valence-corrected chi connectivity index (χ0v) is 10.9. The van der Waals surface area contributed by atoms with E-state index in [0.29, 0.717) is 0 Å². The second kappa shape index (κ2) is 5.65. The number of H-pyrrole nitrogens is 1. The normalized spacial score (nSPS) is 19.4. The topological polar surface area (TPSA) is 49.9 Å². The summed E-state index contributed by atoms with van der Waals surface area (Å²) in [7, 11) is 1.80. The summed E-state index contributed by atoms with van der Waals surface area (Å²) in [5, 5.41) is 3.30. The molecule has 2 N–H and O–H groups in total. The van der Waals surface area contributed by atoms with Crippen LogP contribution in [0.15, 0.2) is 6.20 Å². The standard InChI is InChI=1S/C13H23N3O/c1-3-14-9-11-10-15-12(16-11)13(17-2)7-5-4-6-8-13/h10,14H,3-9H2,1-2H3,(H,15,16). The molecule has 0 atom stereocenters. The van der Waals surface area contributed by atoms with Crippen molar-refractivity contribution in [2.75, 3.05) is 13.7 Å². The van der Waals surface area contributed by atoms with Gasteiger partial charge in [0.2, 0.25) is 0 Å². The molecule has 4 nitrogen and oxygen atoms in total. The summed E-state index contributed by atoms with van der Waals surface area (Å²) in [6, 6.07) is 0. The highest BCUT2D eigenvalue weighted by Gasteiger charge is 2.36. The molecule has 0 spiro atoms. The van der Waals surface area contributed by atoms with Gasteiger partial charge in [0, 0.05) is 25.5 Å². The molecule has 1 heterocycles. The van der Waals surface area contributed by atoms with Gasteiger partial charge in [-0.1, -0.05) is 26.2 Å². The molecule has 0 aliphatic heterocycles. The molecule has 1 aromatic heterocycles. The Balaban J connectivity index is 2.10. The summed E-state index contributed by atoms with van der Waals surface area (Å²) in [6.07, 6.45) is 7.87. The number of aromatic nitrogens is 2. The summed E-state index contributed by atoms with van der Waals surface area (Å²) in [6.45, 7) is 3.93. The van der Waals surface area contributed by atoms with Gasteiger partial charge in [0.05, 0.1) is 0 Å². The predicted octanol–water partition coefficient (Wildman–Crippen LogP) is 2.33. The number of rotatable bonds is 5. The highest BCUT2D eigenvalue weighted by atomic mass is 16.5. The van der Waals surface area contributed by atoms with E-state index in [2.05, 4.69) is 22.2 Å². The third-order valence-corrected chi connectivity index (χ3v) is 3.68. The van der Waals surface area contributed by atoms with Crippen molar-refractivity contribution in [2.24, 2.45) is 0 Å². The summed E-state index contributed by atoms with van der Waals surface area (Å²) < 4.78 is 5.77. The monoisotopic (exact) mass is 237 g/mol. The zero-order chi connectivity index (χ0) is 12.1. The van der Waals surface area contributed by atoms with E-state index in [-0.39, 0.29) is 5.60 Å². The van der Waals surface area contributed by atoms with Crippen molar-refractivity contribution in [1.82, 2.24) is 15.3 Å². The molecule has 0 aromatic carbocycles. The van der Waals surface area contributed by atoms with Gasteiger partial charge >= 0.3 is 0 Å². The molecule has 2 rings (SSSR count). The second-order valence-corrected chi connectivity index (χ2v) is 4.80. The largest absolute Gasteiger partial charge is 0.370 e. The van der Waals surface area contributed by atoms with Crippen LogP contribution in [-0.2, 0) is 16.9 Å². The number of methoxy groups -OCH3 is 1. The van der Waals surface area contributed by atoms with Crippen LogP contribution in [0, 0.1) is 0 Å². The van der Waals surface area contributed by atoms with Crippen molar-refractivity contribution in [1.29, 1.82) is 0 Å². The van der Waals surface area contributed by atoms with Crippen LogP contribution in [0.5, 0.6) is 0 Å². The Morgan fingerprint density at radius 1 is 1.41 bits per heavy atom. The van der Waals surface area contributed by atoms with Crippen LogP contribution in [0.2, 0.25) is 0 Å². The minimum Gasteiger partial charge on any atom is -0.370 e. The first-order valence-electron chi connectivity index (χ1n) is 6.61. The first-order chi connectivity index (χ1) is 8.30. The number of nitrogens with one attached hydrogen (secondary N) is 2. The molecule has 0 amide bonds. The van der Waals surface area contributed by atoms with Crippen molar-refractivity contribution >= 4 is 0 Å². The van der Waals surface area contributed by atoms with Crippen LogP contribution >= 0.6 is 0 Å².